The van der Waals surface area contributed by atoms with Gasteiger partial charge in [-0.3, -0.25) is 13.9 Å². The van der Waals surface area contributed by atoms with Gasteiger partial charge in [0, 0.05) is 6.07 Å². The Bertz CT molecular complexity index is 1000. The Morgan fingerprint density at radius 2 is 1.40 bits per heavy atom. The molecule has 25 heavy (non-hydrogen) atoms. The van der Waals surface area contributed by atoms with E-state index in [9.17, 15) is 9.59 Å². The van der Waals surface area contributed by atoms with Gasteiger partial charge in [0.15, 0.2) is 0 Å². The van der Waals surface area contributed by atoms with Gasteiger partial charge in [-0.1, -0.05) is 71.3 Å². The minimum atomic E-state index is -0.402. The lowest BCUT2D eigenvalue weighted by Gasteiger charge is -2.13. The Morgan fingerprint density at radius 1 is 0.800 bits per heavy atom. The maximum atomic E-state index is 12.8. The summed E-state index contributed by atoms with van der Waals surface area (Å²) >= 11 is 6.16. The molecule has 128 valence electrons. The molecule has 0 bridgehead atoms. The molecule has 5 heteroatoms. The van der Waals surface area contributed by atoms with E-state index in [1.807, 2.05) is 56.3 Å². The number of hydrogen-bond acceptors (Lipinski definition) is 2. The maximum Gasteiger partial charge on any atom is 0.332 e. The number of benzene rings is 2. The predicted molar refractivity (Wildman–Crippen MR) is 101 cm³/mol. The SMILES string of the molecule is Cc1cc(C)cc(Cn2c(=O)cc(Cl)n(Cc3ccccc3)c2=O)c1. The Hall–Kier alpha value is -2.59. The van der Waals surface area contributed by atoms with Crippen LogP contribution < -0.4 is 11.2 Å². The molecule has 0 spiro atoms. The van der Waals surface area contributed by atoms with Gasteiger partial charge in [-0.05, 0) is 25.0 Å². The van der Waals surface area contributed by atoms with E-state index in [1.165, 1.54) is 15.2 Å². The van der Waals surface area contributed by atoms with E-state index in [0.29, 0.717) is 6.54 Å². The normalized spacial score (nSPS) is 10.8. The van der Waals surface area contributed by atoms with Crippen molar-refractivity contribution >= 4 is 11.6 Å². The first kappa shape index (κ1) is 17.2. The first-order valence-corrected chi connectivity index (χ1v) is 8.43. The summed E-state index contributed by atoms with van der Waals surface area (Å²) in [5.74, 6) is 0. The molecule has 1 aromatic heterocycles. The zero-order valence-corrected chi connectivity index (χ0v) is 15.0. The van der Waals surface area contributed by atoms with Crippen molar-refractivity contribution in [3.63, 3.8) is 0 Å². The minimum Gasteiger partial charge on any atom is -0.279 e. The van der Waals surface area contributed by atoms with Crippen LogP contribution in [0.25, 0.3) is 0 Å². The molecule has 0 N–H and O–H groups in total. The molecule has 0 radical (unpaired) electrons. The van der Waals surface area contributed by atoms with Crippen molar-refractivity contribution in [2.45, 2.75) is 26.9 Å². The Balaban J connectivity index is 2.04. The number of halogens is 1. The molecule has 0 saturated carbocycles. The van der Waals surface area contributed by atoms with Gasteiger partial charge in [-0.15, -0.1) is 0 Å². The average Bonchev–Trinajstić information content (AvgIpc) is 2.55. The highest BCUT2D eigenvalue weighted by Gasteiger charge is 2.11. The molecule has 1 heterocycles. The van der Waals surface area contributed by atoms with Gasteiger partial charge in [-0.25, -0.2) is 4.79 Å². The van der Waals surface area contributed by atoms with Gasteiger partial charge in [0.25, 0.3) is 5.56 Å². The fourth-order valence-electron chi connectivity index (χ4n) is 2.99. The summed E-state index contributed by atoms with van der Waals surface area (Å²) < 4.78 is 2.64. The lowest BCUT2D eigenvalue weighted by Crippen LogP contribution is -2.40. The smallest absolute Gasteiger partial charge is 0.279 e. The molecule has 0 aliphatic carbocycles. The van der Waals surface area contributed by atoms with Gasteiger partial charge >= 0.3 is 5.69 Å². The van der Waals surface area contributed by atoms with E-state index in [2.05, 4.69) is 6.07 Å². The van der Waals surface area contributed by atoms with E-state index in [0.717, 1.165) is 22.3 Å². The van der Waals surface area contributed by atoms with E-state index in [4.69, 9.17) is 11.6 Å². The Kier molecular flexibility index (Phi) is 4.91. The van der Waals surface area contributed by atoms with Crippen LogP contribution in [0, 0.1) is 13.8 Å². The van der Waals surface area contributed by atoms with Crippen molar-refractivity contribution in [3.8, 4) is 0 Å². The highest BCUT2D eigenvalue weighted by Crippen LogP contribution is 2.11. The van der Waals surface area contributed by atoms with Crippen LogP contribution in [0.3, 0.4) is 0 Å². The fraction of sp³-hybridized carbons (Fsp3) is 0.200. The molecule has 0 amide bonds. The molecule has 0 fully saturated rings. The summed E-state index contributed by atoms with van der Waals surface area (Å²) in [6.45, 7) is 4.54. The summed E-state index contributed by atoms with van der Waals surface area (Å²) in [7, 11) is 0. The predicted octanol–water partition coefficient (Wildman–Crippen LogP) is 3.38. The molecule has 0 aliphatic rings. The largest absolute Gasteiger partial charge is 0.332 e. The van der Waals surface area contributed by atoms with E-state index in [1.54, 1.807) is 0 Å². The summed E-state index contributed by atoms with van der Waals surface area (Å²) in [5, 5.41) is 0.149. The number of aromatic nitrogens is 2. The highest BCUT2D eigenvalue weighted by molar-refractivity contribution is 6.29. The van der Waals surface area contributed by atoms with Crippen molar-refractivity contribution in [1.29, 1.82) is 0 Å². The van der Waals surface area contributed by atoms with Crippen LogP contribution in [0.5, 0.6) is 0 Å². The molecule has 3 rings (SSSR count). The quantitative estimate of drug-likeness (QED) is 0.674. The second-order valence-corrected chi connectivity index (χ2v) is 6.63. The molecule has 4 nitrogen and oxygen atoms in total. The van der Waals surface area contributed by atoms with Crippen LogP contribution in [-0.2, 0) is 13.1 Å². The van der Waals surface area contributed by atoms with Crippen molar-refractivity contribution in [2.75, 3.05) is 0 Å². The van der Waals surface area contributed by atoms with Crippen LogP contribution in [0.2, 0.25) is 5.15 Å². The van der Waals surface area contributed by atoms with Crippen molar-refractivity contribution < 1.29 is 0 Å². The standard InChI is InChI=1S/C20H19ClN2O2/c1-14-8-15(2)10-17(9-14)13-23-19(24)11-18(21)22(20(23)25)12-16-6-4-3-5-7-16/h3-11H,12-13H2,1-2H3. The molecular weight excluding hydrogens is 336 g/mol. The zero-order valence-electron chi connectivity index (χ0n) is 14.2. The number of aryl methyl sites for hydroxylation is 2. The zero-order chi connectivity index (χ0) is 18.0. The van der Waals surface area contributed by atoms with Crippen LogP contribution in [0.1, 0.15) is 22.3 Å². The summed E-state index contributed by atoms with van der Waals surface area (Å²) in [5.41, 5.74) is 3.27. The fourth-order valence-corrected chi connectivity index (χ4v) is 3.21. The van der Waals surface area contributed by atoms with Crippen LogP contribution in [0.4, 0.5) is 0 Å². The van der Waals surface area contributed by atoms with Gasteiger partial charge in [0.1, 0.15) is 5.15 Å². The Labute approximate surface area is 150 Å². The third-order valence-corrected chi connectivity index (χ3v) is 4.35. The highest BCUT2D eigenvalue weighted by atomic mass is 35.5. The first-order chi connectivity index (χ1) is 11.9. The Morgan fingerprint density at radius 3 is 2.04 bits per heavy atom. The molecule has 3 aromatic rings. The lowest BCUT2D eigenvalue weighted by atomic mass is 10.1. The van der Waals surface area contributed by atoms with Crippen molar-refractivity contribution in [1.82, 2.24) is 9.13 Å². The summed E-state index contributed by atoms with van der Waals surface area (Å²) in [6.07, 6.45) is 0. The van der Waals surface area contributed by atoms with E-state index < -0.39 is 11.2 Å². The van der Waals surface area contributed by atoms with Gasteiger partial charge in [-0.2, -0.15) is 0 Å². The van der Waals surface area contributed by atoms with Gasteiger partial charge in [0.2, 0.25) is 0 Å². The lowest BCUT2D eigenvalue weighted by molar-refractivity contribution is 0.612. The molecular formula is C20H19ClN2O2. The molecule has 0 aliphatic heterocycles. The second-order valence-electron chi connectivity index (χ2n) is 6.24. The molecule has 0 saturated heterocycles. The second kappa shape index (κ2) is 7.11. The van der Waals surface area contributed by atoms with Crippen molar-refractivity contribution in [2.24, 2.45) is 0 Å². The first-order valence-electron chi connectivity index (χ1n) is 8.05. The van der Waals surface area contributed by atoms with Gasteiger partial charge < -0.3 is 0 Å². The van der Waals surface area contributed by atoms with Crippen LogP contribution >= 0.6 is 11.6 Å². The van der Waals surface area contributed by atoms with E-state index >= 15 is 0 Å². The van der Waals surface area contributed by atoms with Crippen molar-refractivity contribution in [3.05, 3.63) is 103 Å². The average molecular weight is 355 g/mol. The molecule has 0 unspecified atom stereocenters. The van der Waals surface area contributed by atoms with E-state index in [-0.39, 0.29) is 11.7 Å². The number of rotatable bonds is 4. The van der Waals surface area contributed by atoms with Crippen LogP contribution in [-0.4, -0.2) is 9.13 Å². The molecule has 2 aromatic carbocycles. The number of nitrogens with zero attached hydrogens (tertiary/aromatic N) is 2. The minimum absolute atomic E-state index is 0.149. The summed E-state index contributed by atoms with van der Waals surface area (Å²) in [4.78, 5) is 25.1. The van der Waals surface area contributed by atoms with Gasteiger partial charge in [0.05, 0.1) is 13.1 Å². The topological polar surface area (TPSA) is 44.0 Å². The maximum absolute atomic E-state index is 12.8. The number of hydrogen-bond donors (Lipinski definition) is 0. The third-order valence-electron chi connectivity index (χ3n) is 4.03. The van der Waals surface area contributed by atoms with Crippen LogP contribution in [0.15, 0.2) is 64.2 Å². The molecule has 0 atom stereocenters. The monoisotopic (exact) mass is 354 g/mol. The summed E-state index contributed by atoms with van der Waals surface area (Å²) in [6, 6.07) is 16.9. The third kappa shape index (κ3) is 3.91.